The molecule has 2 saturated heterocycles. The summed E-state index contributed by atoms with van der Waals surface area (Å²) in [6.07, 6.45) is 7.51. The maximum absolute atomic E-state index is 7.17. The number of rotatable bonds is 3. The predicted molar refractivity (Wildman–Crippen MR) is 102 cm³/mol. The number of nitrogens with one attached hydrogen (secondary N) is 3. The van der Waals surface area contributed by atoms with E-state index in [2.05, 4.69) is 25.4 Å². The summed E-state index contributed by atoms with van der Waals surface area (Å²) in [5.41, 5.74) is 4.61. The van der Waals surface area contributed by atoms with Gasteiger partial charge >= 0.3 is 0 Å². The number of anilines is 1. The average molecular weight is 344 g/mol. The molecule has 0 aliphatic carbocycles. The van der Waals surface area contributed by atoms with Crippen LogP contribution in [0.1, 0.15) is 24.8 Å². The molecule has 0 radical (unpaired) electrons. The highest BCUT2D eigenvalue weighted by molar-refractivity contribution is 5.96. The average Bonchev–Trinajstić information content (AvgIpc) is 3.38. The van der Waals surface area contributed by atoms with E-state index in [1.807, 2.05) is 37.5 Å². The van der Waals surface area contributed by atoms with E-state index in [1.165, 1.54) is 12.8 Å². The molecule has 3 atom stereocenters. The van der Waals surface area contributed by atoms with Gasteiger partial charge in [0.05, 0.1) is 12.3 Å². The van der Waals surface area contributed by atoms with Crippen LogP contribution in [0.4, 0.5) is 11.6 Å². The van der Waals surface area contributed by atoms with E-state index in [9.17, 15) is 0 Å². The van der Waals surface area contributed by atoms with Crippen molar-refractivity contribution in [2.45, 2.75) is 44.3 Å². The lowest BCUT2D eigenvalue weighted by Crippen LogP contribution is -2.34. The van der Waals surface area contributed by atoms with E-state index in [0.717, 1.165) is 34.1 Å². The minimum absolute atomic E-state index is 0.411. The van der Waals surface area contributed by atoms with Crippen molar-refractivity contribution >= 4 is 22.5 Å². The van der Waals surface area contributed by atoms with Crippen LogP contribution < -0.4 is 10.6 Å². The molecule has 0 spiro atoms. The summed E-state index contributed by atoms with van der Waals surface area (Å²) in [4.78, 5) is 16.1. The molecule has 0 saturated carbocycles. The monoisotopic (exact) mass is 344 g/mol. The first-order chi connectivity index (χ1) is 12.7. The smallest absolute Gasteiger partial charge is 0.223 e. The number of nitrogens with zero attached hydrogens (tertiary/aromatic N) is 3. The summed E-state index contributed by atoms with van der Waals surface area (Å²) < 4.78 is 0. The van der Waals surface area contributed by atoms with Crippen LogP contribution in [0.25, 0.3) is 27.0 Å². The Morgan fingerprint density at radius 2 is 2.23 bits per heavy atom. The summed E-state index contributed by atoms with van der Waals surface area (Å²) in [6.45, 7) is 9.20. The van der Waals surface area contributed by atoms with Crippen LogP contribution in [0, 0.1) is 13.5 Å². The molecule has 6 nitrogen and oxygen atoms in total. The zero-order valence-corrected chi connectivity index (χ0v) is 14.6. The number of hydrogen-bond acceptors (Lipinski definition) is 4. The first-order valence-corrected chi connectivity index (χ1v) is 9.06. The molecular weight excluding hydrogens is 324 g/mol. The quantitative estimate of drug-likeness (QED) is 0.632. The van der Waals surface area contributed by atoms with Gasteiger partial charge in [-0.05, 0) is 37.8 Å². The Morgan fingerprint density at radius 1 is 1.31 bits per heavy atom. The maximum atomic E-state index is 7.17. The van der Waals surface area contributed by atoms with E-state index >= 15 is 0 Å². The first-order valence-electron chi connectivity index (χ1n) is 9.06. The predicted octanol–water partition coefficient (Wildman–Crippen LogP) is 3.79. The number of hydrogen-bond donors (Lipinski definition) is 3. The first kappa shape index (κ1) is 15.4. The van der Waals surface area contributed by atoms with E-state index in [-0.39, 0.29) is 0 Å². The van der Waals surface area contributed by atoms with Crippen molar-refractivity contribution in [1.82, 2.24) is 20.3 Å². The molecule has 2 fully saturated rings. The van der Waals surface area contributed by atoms with Crippen LogP contribution in [-0.4, -0.2) is 33.1 Å². The number of aryl methyl sites for hydroxylation is 1. The fourth-order valence-corrected chi connectivity index (χ4v) is 4.31. The Balaban J connectivity index is 1.50. The van der Waals surface area contributed by atoms with Gasteiger partial charge in [-0.15, -0.1) is 0 Å². The SMILES string of the molecule is [C-]#[N+]c1ccc2c(-c3nc(N[C@@H]4C[C@@H]5CCC4N5)ncc3C)c[nH]c2c1. The van der Waals surface area contributed by atoms with Crippen molar-refractivity contribution < 1.29 is 0 Å². The molecular formula is C20H20N6. The number of aromatic amines is 1. The van der Waals surface area contributed by atoms with Crippen molar-refractivity contribution in [2.24, 2.45) is 0 Å². The topological polar surface area (TPSA) is 70.0 Å². The number of H-pyrrole nitrogens is 1. The molecule has 2 bridgehead atoms. The van der Waals surface area contributed by atoms with Crippen LogP contribution in [0.15, 0.2) is 30.6 Å². The van der Waals surface area contributed by atoms with Crippen LogP contribution >= 0.6 is 0 Å². The molecule has 2 aliphatic heterocycles. The third kappa shape index (κ3) is 2.44. The highest BCUT2D eigenvalue weighted by Gasteiger charge is 2.39. The van der Waals surface area contributed by atoms with Gasteiger partial charge in [0.1, 0.15) is 0 Å². The second-order valence-corrected chi connectivity index (χ2v) is 7.30. The molecule has 3 N–H and O–H groups in total. The Bertz CT molecular complexity index is 1030. The molecule has 130 valence electrons. The van der Waals surface area contributed by atoms with Crippen LogP contribution in [0.3, 0.4) is 0 Å². The van der Waals surface area contributed by atoms with Gasteiger partial charge < -0.3 is 15.6 Å². The molecule has 2 aromatic heterocycles. The molecule has 3 aromatic rings. The Kier molecular flexibility index (Phi) is 3.44. The standard InChI is InChI=1S/C20H20N6/c1-11-9-23-20(25-18-8-13-4-6-16(18)24-13)26-19(11)15-10-22-17-7-12(21-2)3-5-14(15)17/h3,5,7,9-10,13,16,18,22,24H,4,6,8H2,1H3,(H,23,25,26)/t13-,16?,18+/m0/s1. The van der Waals surface area contributed by atoms with Gasteiger partial charge in [0.15, 0.2) is 5.69 Å². The molecule has 4 heterocycles. The van der Waals surface area contributed by atoms with Crippen molar-refractivity contribution in [3.05, 3.63) is 47.6 Å². The van der Waals surface area contributed by atoms with E-state index < -0.39 is 0 Å². The second-order valence-electron chi connectivity index (χ2n) is 7.30. The fourth-order valence-electron chi connectivity index (χ4n) is 4.31. The summed E-state index contributed by atoms with van der Waals surface area (Å²) >= 11 is 0. The number of fused-ring (bicyclic) bond motifs is 3. The largest absolute Gasteiger partial charge is 0.362 e. The van der Waals surface area contributed by atoms with E-state index in [0.29, 0.717) is 29.8 Å². The van der Waals surface area contributed by atoms with Gasteiger partial charge in [-0.25, -0.2) is 14.8 Å². The molecule has 0 amide bonds. The summed E-state index contributed by atoms with van der Waals surface area (Å²) in [6, 6.07) is 7.31. The zero-order chi connectivity index (χ0) is 17.7. The molecule has 1 unspecified atom stereocenters. The third-order valence-corrected chi connectivity index (χ3v) is 5.64. The normalized spacial score (nSPS) is 24.1. The van der Waals surface area contributed by atoms with E-state index in [4.69, 9.17) is 11.6 Å². The summed E-state index contributed by atoms with van der Waals surface area (Å²) in [5.74, 6) is 0.692. The van der Waals surface area contributed by atoms with Crippen molar-refractivity contribution in [1.29, 1.82) is 0 Å². The molecule has 26 heavy (non-hydrogen) atoms. The number of aromatic nitrogens is 3. The minimum atomic E-state index is 0.411. The summed E-state index contributed by atoms with van der Waals surface area (Å²) in [5, 5.41) is 8.25. The molecule has 1 aromatic carbocycles. The van der Waals surface area contributed by atoms with Crippen molar-refractivity contribution in [3.8, 4) is 11.3 Å². The van der Waals surface area contributed by atoms with Gasteiger partial charge in [-0.2, -0.15) is 0 Å². The Labute approximate surface area is 151 Å². The van der Waals surface area contributed by atoms with Gasteiger partial charge in [0.25, 0.3) is 0 Å². The summed E-state index contributed by atoms with van der Waals surface area (Å²) in [7, 11) is 0. The highest BCUT2D eigenvalue weighted by Crippen LogP contribution is 2.33. The number of benzene rings is 1. The van der Waals surface area contributed by atoms with Crippen LogP contribution in [-0.2, 0) is 0 Å². The fraction of sp³-hybridized carbons (Fsp3) is 0.350. The zero-order valence-electron chi connectivity index (χ0n) is 14.6. The van der Waals surface area contributed by atoms with Gasteiger partial charge in [0, 0.05) is 47.0 Å². The van der Waals surface area contributed by atoms with Crippen LogP contribution in [0.5, 0.6) is 0 Å². The van der Waals surface area contributed by atoms with Crippen LogP contribution in [0.2, 0.25) is 0 Å². The molecule has 2 aliphatic rings. The Hall–Kier alpha value is -2.91. The third-order valence-electron chi connectivity index (χ3n) is 5.64. The minimum Gasteiger partial charge on any atom is -0.362 e. The van der Waals surface area contributed by atoms with E-state index in [1.54, 1.807) is 0 Å². The Morgan fingerprint density at radius 3 is 3.00 bits per heavy atom. The van der Waals surface area contributed by atoms with Crippen molar-refractivity contribution in [2.75, 3.05) is 5.32 Å². The van der Waals surface area contributed by atoms with Gasteiger partial charge in [-0.1, -0.05) is 12.1 Å². The van der Waals surface area contributed by atoms with Gasteiger partial charge in [-0.3, -0.25) is 0 Å². The lowest BCUT2D eigenvalue weighted by Gasteiger charge is -2.21. The highest BCUT2D eigenvalue weighted by atomic mass is 15.2. The lowest BCUT2D eigenvalue weighted by atomic mass is 9.96. The second kappa shape index (κ2) is 5.82. The van der Waals surface area contributed by atoms with Gasteiger partial charge in [0.2, 0.25) is 5.95 Å². The van der Waals surface area contributed by atoms with Crippen molar-refractivity contribution in [3.63, 3.8) is 0 Å². The molecule has 6 heteroatoms. The maximum Gasteiger partial charge on any atom is 0.223 e. The molecule has 5 rings (SSSR count). The lowest BCUT2D eigenvalue weighted by molar-refractivity contribution is 0.525.